The van der Waals surface area contributed by atoms with Crippen molar-refractivity contribution in [3.05, 3.63) is 28.8 Å². The smallest absolute Gasteiger partial charge is 0.0668 e. The lowest BCUT2D eigenvalue weighted by atomic mass is 10.2. The largest absolute Gasteiger partial charge is 0.368 e. The highest BCUT2D eigenvalue weighted by molar-refractivity contribution is 6.34. The van der Waals surface area contributed by atoms with Gasteiger partial charge in [0.1, 0.15) is 0 Å². The summed E-state index contributed by atoms with van der Waals surface area (Å²) < 4.78 is 0. The van der Waals surface area contributed by atoms with Crippen LogP contribution in [0.3, 0.4) is 0 Å². The van der Waals surface area contributed by atoms with E-state index in [-0.39, 0.29) is 0 Å². The summed E-state index contributed by atoms with van der Waals surface area (Å²) in [5, 5.41) is 0.910. The molecule has 2 nitrogen and oxygen atoms in total. The zero-order chi connectivity index (χ0) is 11.5. The third kappa shape index (κ3) is 2.33. The zero-order valence-corrected chi connectivity index (χ0v) is 10.8. The third-order valence-electron chi connectivity index (χ3n) is 3.33. The molecule has 0 N–H and O–H groups in total. The Morgan fingerprint density at radius 2 is 1.88 bits per heavy atom. The van der Waals surface area contributed by atoms with Gasteiger partial charge in [-0.15, -0.1) is 0 Å². The van der Waals surface area contributed by atoms with Crippen LogP contribution in [0.25, 0.3) is 0 Å². The molecule has 0 bridgehead atoms. The van der Waals surface area contributed by atoms with E-state index in [1.807, 2.05) is 0 Å². The minimum absolute atomic E-state index is 0.910. The van der Waals surface area contributed by atoms with Crippen molar-refractivity contribution in [2.45, 2.75) is 13.8 Å². The lowest BCUT2D eigenvalue weighted by Crippen LogP contribution is -2.46. The molecule has 0 saturated carbocycles. The number of rotatable bonds is 2. The molecule has 1 fully saturated rings. The fourth-order valence-electron chi connectivity index (χ4n) is 2.18. The van der Waals surface area contributed by atoms with E-state index in [4.69, 9.17) is 11.6 Å². The minimum atomic E-state index is 0.910. The lowest BCUT2D eigenvalue weighted by Gasteiger charge is -2.36. The van der Waals surface area contributed by atoms with E-state index in [0.29, 0.717) is 0 Å². The molecule has 3 heteroatoms. The fraction of sp³-hybridized carbons (Fsp3) is 0.538. The number of aryl methyl sites for hydroxylation is 1. The number of hydrogen-bond donors (Lipinski definition) is 0. The predicted octanol–water partition coefficient (Wildman–Crippen LogP) is 2.79. The molecule has 1 aliphatic heterocycles. The van der Waals surface area contributed by atoms with E-state index >= 15 is 0 Å². The highest BCUT2D eigenvalue weighted by Gasteiger charge is 2.17. The first kappa shape index (κ1) is 11.7. The van der Waals surface area contributed by atoms with E-state index in [0.717, 1.165) is 43.3 Å². The SMILES string of the molecule is CCN1CCN(c2cccc(C)c2Cl)CC1. The van der Waals surface area contributed by atoms with Crippen molar-refractivity contribution in [1.82, 2.24) is 4.90 Å². The van der Waals surface area contributed by atoms with Gasteiger partial charge in [0.2, 0.25) is 0 Å². The summed E-state index contributed by atoms with van der Waals surface area (Å²) in [6.07, 6.45) is 0. The number of piperazine rings is 1. The van der Waals surface area contributed by atoms with Crippen LogP contribution in [0, 0.1) is 6.92 Å². The molecule has 0 amide bonds. The van der Waals surface area contributed by atoms with E-state index in [1.54, 1.807) is 0 Å². The predicted molar refractivity (Wildman–Crippen MR) is 70.5 cm³/mol. The van der Waals surface area contributed by atoms with E-state index in [1.165, 1.54) is 5.69 Å². The van der Waals surface area contributed by atoms with Crippen molar-refractivity contribution < 1.29 is 0 Å². The van der Waals surface area contributed by atoms with Gasteiger partial charge < -0.3 is 9.80 Å². The van der Waals surface area contributed by atoms with Gasteiger partial charge in [-0.1, -0.05) is 30.7 Å². The molecule has 0 atom stereocenters. The topological polar surface area (TPSA) is 6.48 Å². The van der Waals surface area contributed by atoms with Crippen LogP contribution < -0.4 is 4.90 Å². The molecule has 2 rings (SSSR count). The van der Waals surface area contributed by atoms with Gasteiger partial charge in [-0.05, 0) is 25.1 Å². The highest BCUT2D eigenvalue weighted by atomic mass is 35.5. The number of nitrogens with zero attached hydrogens (tertiary/aromatic N) is 2. The van der Waals surface area contributed by atoms with E-state index in [2.05, 4.69) is 41.8 Å². The van der Waals surface area contributed by atoms with Gasteiger partial charge in [0.25, 0.3) is 0 Å². The molecule has 1 aromatic carbocycles. The van der Waals surface area contributed by atoms with Crippen LogP contribution in [-0.4, -0.2) is 37.6 Å². The van der Waals surface area contributed by atoms with Crippen molar-refractivity contribution in [3.8, 4) is 0 Å². The molecule has 1 saturated heterocycles. The number of halogens is 1. The third-order valence-corrected chi connectivity index (χ3v) is 3.82. The maximum Gasteiger partial charge on any atom is 0.0668 e. The molecule has 0 radical (unpaired) electrons. The van der Waals surface area contributed by atoms with Crippen LogP contribution in [0.15, 0.2) is 18.2 Å². The number of anilines is 1. The lowest BCUT2D eigenvalue weighted by molar-refractivity contribution is 0.271. The van der Waals surface area contributed by atoms with Crippen molar-refractivity contribution in [3.63, 3.8) is 0 Å². The average Bonchev–Trinajstić information content (AvgIpc) is 2.33. The summed E-state index contributed by atoms with van der Waals surface area (Å²) in [5.74, 6) is 0. The van der Waals surface area contributed by atoms with Gasteiger partial charge in [0, 0.05) is 26.2 Å². The molecule has 1 aromatic rings. The summed E-state index contributed by atoms with van der Waals surface area (Å²) in [7, 11) is 0. The Hall–Kier alpha value is -0.730. The van der Waals surface area contributed by atoms with Gasteiger partial charge in [-0.3, -0.25) is 0 Å². The molecule has 0 spiro atoms. The van der Waals surface area contributed by atoms with E-state index < -0.39 is 0 Å². The standard InChI is InChI=1S/C13H19ClN2/c1-3-15-7-9-16(10-8-15)12-6-4-5-11(2)13(12)14/h4-6H,3,7-10H2,1-2H3. The van der Waals surface area contributed by atoms with Gasteiger partial charge in [-0.25, -0.2) is 0 Å². The van der Waals surface area contributed by atoms with Gasteiger partial charge in [0.15, 0.2) is 0 Å². The van der Waals surface area contributed by atoms with Gasteiger partial charge in [-0.2, -0.15) is 0 Å². The summed E-state index contributed by atoms with van der Waals surface area (Å²) >= 11 is 6.34. The fourth-order valence-corrected chi connectivity index (χ4v) is 2.43. The first-order valence-electron chi connectivity index (χ1n) is 5.94. The quantitative estimate of drug-likeness (QED) is 0.782. The van der Waals surface area contributed by atoms with Crippen molar-refractivity contribution in [2.24, 2.45) is 0 Å². The second-order valence-electron chi connectivity index (χ2n) is 4.33. The second-order valence-corrected chi connectivity index (χ2v) is 4.71. The molecule has 16 heavy (non-hydrogen) atoms. The summed E-state index contributed by atoms with van der Waals surface area (Å²) in [6, 6.07) is 6.27. The molecule has 1 heterocycles. The second kappa shape index (κ2) is 5.07. The van der Waals surface area contributed by atoms with Crippen LogP contribution in [0.1, 0.15) is 12.5 Å². The maximum absolute atomic E-state index is 6.34. The summed E-state index contributed by atoms with van der Waals surface area (Å²) in [4.78, 5) is 4.86. The maximum atomic E-state index is 6.34. The minimum Gasteiger partial charge on any atom is -0.368 e. The average molecular weight is 239 g/mol. The number of hydrogen-bond acceptors (Lipinski definition) is 2. The highest BCUT2D eigenvalue weighted by Crippen LogP contribution is 2.29. The molecule has 1 aliphatic rings. The first-order chi connectivity index (χ1) is 7.72. The van der Waals surface area contributed by atoms with Crippen molar-refractivity contribution in [2.75, 3.05) is 37.6 Å². The molecular weight excluding hydrogens is 220 g/mol. The molecule has 0 aliphatic carbocycles. The van der Waals surface area contributed by atoms with Gasteiger partial charge in [0.05, 0.1) is 10.7 Å². The summed E-state index contributed by atoms with van der Waals surface area (Å²) in [6.45, 7) is 9.87. The van der Waals surface area contributed by atoms with Crippen LogP contribution in [0.2, 0.25) is 5.02 Å². The Morgan fingerprint density at radius 3 is 2.50 bits per heavy atom. The monoisotopic (exact) mass is 238 g/mol. The van der Waals surface area contributed by atoms with Crippen LogP contribution in [0.5, 0.6) is 0 Å². The summed E-state index contributed by atoms with van der Waals surface area (Å²) in [5.41, 5.74) is 2.36. The van der Waals surface area contributed by atoms with E-state index in [9.17, 15) is 0 Å². The molecule has 88 valence electrons. The van der Waals surface area contributed by atoms with Crippen LogP contribution >= 0.6 is 11.6 Å². The zero-order valence-electron chi connectivity index (χ0n) is 10.0. The Labute approximate surface area is 103 Å². The molecule has 0 aromatic heterocycles. The number of benzene rings is 1. The first-order valence-corrected chi connectivity index (χ1v) is 6.32. The normalized spacial score (nSPS) is 17.8. The Balaban J connectivity index is 2.11. The van der Waals surface area contributed by atoms with Crippen molar-refractivity contribution >= 4 is 17.3 Å². The van der Waals surface area contributed by atoms with Gasteiger partial charge >= 0.3 is 0 Å². The Kier molecular flexibility index (Phi) is 3.72. The molecule has 0 unspecified atom stereocenters. The number of likely N-dealkylation sites (N-methyl/N-ethyl adjacent to an activating group) is 1. The van der Waals surface area contributed by atoms with Crippen molar-refractivity contribution in [1.29, 1.82) is 0 Å². The van der Waals surface area contributed by atoms with Crippen LogP contribution in [0.4, 0.5) is 5.69 Å². The Bertz CT molecular complexity index is 357. The van der Waals surface area contributed by atoms with Crippen LogP contribution in [-0.2, 0) is 0 Å². The Morgan fingerprint density at radius 1 is 1.19 bits per heavy atom. The molecular formula is C13H19ClN2.